The molecule has 1 aromatic carbocycles. The van der Waals surface area contributed by atoms with E-state index in [4.69, 9.17) is 4.74 Å². The highest BCUT2D eigenvalue weighted by atomic mass is 32.2. The average molecular weight is 454 g/mol. The highest BCUT2D eigenvalue weighted by molar-refractivity contribution is 7.90. The Bertz CT molecular complexity index is 970. The van der Waals surface area contributed by atoms with Gasteiger partial charge in [-0.15, -0.1) is 0 Å². The molecule has 0 radical (unpaired) electrons. The van der Waals surface area contributed by atoms with E-state index in [2.05, 4.69) is 6.58 Å². The summed E-state index contributed by atoms with van der Waals surface area (Å²) in [6.07, 6.45) is 7.86. The molecule has 0 aliphatic carbocycles. The number of hydrogen-bond acceptors (Lipinski definition) is 4. The number of aliphatic hydroxyl groups excluding tert-OH is 1. The Morgan fingerprint density at radius 3 is 2.68 bits per heavy atom. The number of sulfonamides is 1. The molecule has 8 heteroatoms. The molecule has 2 aliphatic heterocycles. The smallest absolute Gasteiger partial charge is 0.221 e. The number of aliphatic hydroxyl groups is 1. The summed E-state index contributed by atoms with van der Waals surface area (Å²) in [4.78, 5) is 0. The molecule has 0 spiro atoms. The van der Waals surface area contributed by atoms with Gasteiger partial charge >= 0.3 is 0 Å². The number of nitrogens with zero attached hydrogens (tertiary/aromatic N) is 1. The van der Waals surface area contributed by atoms with Gasteiger partial charge in [-0.2, -0.15) is 4.31 Å². The van der Waals surface area contributed by atoms with Crippen molar-refractivity contribution in [1.29, 1.82) is 0 Å². The highest BCUT2D eigenvalue weighted by Gasteiger charge is 2.38. The average Bonchev–Trinajstić information content (AvgIpc) is 2.70. The highest BCUT2D eigenvalue weighted by Crippen LogP contribution is 2.34. The van der Waals surface area contributed by atoms with Crippen molar-refractivity contribution in [2.75, 3.05) is 26.4 Å². The Kier molecular flexibility index (Phi) is 7.80. The maximum atomic E-state index is 14.9. The molecule has 2 aliphatic rings. The Labute approximate surface area is 182 Å². The predicted molar refractivity (Wildman–Crippen MR) is 116 cm³/mol. The van der Waals surface area contributed by atoms with Gasteiger partial charge in [0.1, 0.15) is 16.9 Å². The molecule has 3 rings (SSSR count). The minimum atomic E-state index is -3.76. The zero-order valence-corrected chi connectivity index (χ0v) is 18.5. The van der Waals surface area contributed by atoms with E-state index in [1.807, 2.05) is 6.92 Å². The minimum Gasteiger partial charge on any atom is -0.396 e. The normalized spacial score (nSPS) is 23.6. The maximum absolute atomic E-state index is 14.9. The van der Waals surface area contributed by atoms with Crippen LogP contribution in [-0.4, -0.2) is 49.4 Å². The SMILES string of the molecule is C=C/C(=C\C=C/C)[C@H]1CCCN(Cc2cc(F)c(C(CO)C3COC3)cc2F)S1(=O)=O. The summed E-state index contributed by atoms with van der Waals surface area (Å²) in [6.45, 7) is 6.04. The first kappa shape index (κ1) is 23.8. The second-order valence-corrected chi connectivity index (χ2v) is 10.1. The molecule has 2 fully saturated rings. The van der Waals surface area contributed by atoms with Crippen LogP contribution in [0, 0.1) is 17.6 Å². The molecule has 31 heavy (non-hydrogen) atoms. The zero-order chi connectivity index (χ0) is 22.6. The van der Waals surface area contributed by atoms with Crippen LogP contribution in [0.25, 0.3) is 0 Å². The van der Waals surface area contributed by atoms with E-state index in [0.29, 0.717) is 31.6 Å². The molecule has 170 valence electrons. The van der Waals surface area contributed by atoms with Crippen molar-refractivity contribution in [3.05, 3.63) is 71.4 Å². The minimum absolute atomic E-state index is 0.0235. The van der Waals surface area contributed by atoms with Gasteiger partial charge in [0.2, 0.25) is 10.0 Å². The first-order valence-corrected chi connectivity index (χ1v) is 11.9. The third-order valence-corrected chi connectivity index (χ3v) is 8.28. The molecule has 0 aromatic heterocycles. The lowest BCUT2D eigenvalue weighted by molar-refractivity contribution is -0.0532. The summed E-state index contributed by atoms with van der Waals surface area (Å²) in [5.74, 6) is -1.93. The summed E-state index contributed by atoms with van der Waals surface area (Å²) in [7, 11) is -3.76. The predicted octanol–water partition coefficient (Wildman–Crippen LogP) is 3.67. The molecule has 1 N–H and O–H groups in total. The van der Waals surface area contributed by atoms with Crippen LogP contribution in [0.3, 0.4) is 0 Å². The van der Waals surface area contributed by atoms with Gasteiger partial charge in [0.25, 0.3) is 0 Å². The Morgan fingerprint density at radius 2 is 2.10 bits per heavy atom. The quantitative estimate of drug-likeness (QED) is 0.610. The first-order chi connectivity index (χ1) is 14.8. The standard InChI is InChI=1S/C23H29F2NO4S/c1-3-5-7-16(4-2)23-8-6-9-26(31(23,28)29)12-17-10-22(25)19(11-21(17)24)20(13-27)18-14-30-15-18/h3-5,7,10-11,18,20,23,27H,2,6,8-9,12-15H2,1H3/b5-3-,16-7+/t20?,23-/m1/s1. The molecule has 2 atom stereocenters. The van der Waals surface area contributed by atoms with Gasteiger partial charge < -0.3 is 9.84 Å². The number of allylic oxidation sites excluding steroid dienone is 4. The molecular formula is C23H29F2NO4S. The van der Waals surface area contributed by atoms with Gasteiger partial charge in [-0.1, -0.05) is 30.9 Å². The van der Waals surface area contributed by atoms with Crippen molar-refractivity contribution >= 4 is 10.0 Å². The number of hydrogen-bond donors (Lipinski definition) is 1. The fraction of sp³-hybridized carbons (Fsp3) is 0.478. The lowest BCUT2D eigenvalue weighted by Gasteiger charge is -2.34. The molecular weight excluding hydrogens is 424 g/mol. The van der Waals surface area contributed by atoms with E-state index in [9.17, 15) is 22.3 Å². The van der Waals surface area contributed by atoms with E-state index in [1.165, 1.54) is 10.4 Å². The number of benzene rings is 1. The van der Waals surface area contributed by atoms with Crippen LogP contribution in [0.5, 0.6) is 0 Å². The van der Waals surface area contributed by atoms with Crippen LogP contribution < -0.4 is 0 Å². The van der Waals surface area contributed by atoms with E-state index >= 15 is 0 Å². The van der Waals surface area contributed by atoms with Crippen LogP contribution in [-0.2, 0) is 21.3 Å². The van der Waals surface area contributed by atoms with Gasteiger partial charge in [0.15, 0.2) is 0 Å². The van der Waals surface area contributed by atoms with Crippen LogP contribution in [0.1, 0.15) is 36.8 Å². The Morgan fingerprint density at radius 1 is 1.35 bits per heavy atom. The molecule has 1 unspecified atom stereocenters. The van der Waals surface area contributed by atoms with Crippen molar-refractivity contribution in [3.63, 3.8) is 0 Å². The summed E-state index contributed by atoms with van der Waals surface area (Å²) < 4.78 is 62.4. The molecule has 5 nitrogen and oxygen atoms in total. The summed E-state index contributed by atoms with van der Waals surface area (Å²) in [5.41, 5.74) is 0.655. The van der Waals surface area contributed by atoms with E-state index in [0.717, 1.165) is 12.1 Å². The Hall–Kier alpha value is -1.87. The lowest BCUT2D eigenvalue weighted by atomic mass is 9.84. The van der Waals surface area contributed by atoms with Crippen LogP contribution in [0.4, 0.5) is 8.78 Å². The second-order valence-electron chi connectivity index (χ2n) is 7.96. The third kappa shape index (κ3) is 4.98. The summed E-state index contributed by atoms with van der Waals surface area (Å²) in [5, 5.41) is 8.88. The van der Waals surface area contributed by atoms with Crippen molar-refractivity contribution in [2.24, 2.45) is 5.92 Å². The van der Waals surface area contributed by atoms with Crippen LogP contribution in [0.2, 0.25) is 0 Å². The Balaban J connectivity index is 1.86. The van der Waals surface area contributed by atoms with Gasteiger partial charge in [-0.3, -0.25) is 0 Å². The van der Waals surface area contributed by atoms with Crippen LogP contribution >= 0.6 is 0 Å². The molecule has 2 heterocycles. The van der Waals surface area contributed by atoms with E-state index < -0.39 is 32.8 Å². The third-order valence-electron chi connectivity index (χ3n) is 6.02. The molecule has 0 bridgehead atoms. The van der Waals surface area contributed by atoms with E-state index in [-0.39, 0.29) is 36.7 Å². The fourth-order valence-electron chi connectivity index (χ4n) is 4.12. The summed E-state index contributed by atoms with van der Waals surface area (Å²) in [6, 6.07) is 2.13. The second kappa shape index (κ2) is 10.2. The lowest BCUT2D eigenvalue weighted by Crippen LogP contribution is -2.44. The topological polar surface area (TPSA) is 66.8 Å². The molecule has 0 saturated carbocycles. The van der Waals surface area contributed by atoms with Gasteiger partial charge in [0.05, 0.1) is 19.8 Å². The zero-order valence-electron chi connectivity index (χ0n) is 17.6. The first-order valence-electron chi connectivity index (χ1n) is 10.4. The number of rotatable bonds is 8. The van der Waals surface area contributed by atoms with Gasteiger partial charge in [-0.05, 0) is 43.0 Å². The van der Waals surface area contributed by atoms with Crippen LogP contribution in [0.15, 0.2) is 48.6 Å². The molecule has 2 saturated heterocycles. The maximum Gasteiger partial charge on any atom is 0.221 e. The number of ether oxygens (including phenoxy) is 1. The van der Waals surface area contributed by atoms with Gasteiger partial charge in [-0.25, -0.2) is 17.2 Å². The monoisotopic (exact) mass is 453 g/mol. The van der Waals surface area contributed by atoms with Crippen molar-refractivity contribution in [2.45, 2.75) is 37.5 Å². The van der Waals surface area contributed by atoms with E-state index in [1.54, 1.807) is 18.2 Å². The fourth-order valence-corrected chi connectivity index (χ4v) is 6.16. The number of halogens is 2. The molecule has 1 aromatic rings. The molecule has 0 amide bonds. The van der Waals surface area contributed by atoms with Crippen molar-refractivity contribution < 1.29 is 27.0 Å². The largest absolute Gasteiger partial charge is 0.396 e. The summed E-state index contributed by atoms with van der Waals surface area (Å²) >= 11 is 0. The van der Waals surface area contributed by atoms with Gasteiger partial charge in [0, 0.05) is 30.5 Å². The van der Waals surface area contributed by atoms with Crippen molar-refractivity contribution in [3.8, 4) is 0 Å². The van der Waals surface area contributed by atoms with Crippen molar-refractivity contribution in [1.82, 2.24) is 4.31 Å².